The minimum Gasteiger partial charge on any atom is -0.462 e. The van der Waals surface area contributed by atoms with E-state index in [1.165, 1.54) is 27.9 Å². The number of hydrogen-bond donors (Lipinski definition) is 1. The van der Waals surface area contributed by atoms with Gasteiger partial charge in [-0.15, -0.1) is 0 Å². The molecule has 0 aliphatic heterocycles. The Bertz CT molecular complexity index is 1160. The first-order chi connectivity index (χ1) is 17.2. The molecule has 0 amide bonds. The van der Waals surface area contributed by atoms with E-state index in [1.54, 1.807) is 0 Å². The summed E-state index contributed by atoms with van der Waals surface area (Å²) in [6.45, 7) is 16.1. The summed E-state index contributed by atoms with van der Waals surface area (Å²) in [6, 6.07) is 21.3. The largest absolute Gasteiger partial charge is 0.462 e. The molecule has 36 heavy (non-hydrogen) atoms. The fourth-order valence-corrected chi connectivity index (χ4v) is 4.69. The number of hydrogen-bond acceptors (Lipinski definition) is 4. The molecule has 192 valence electrons. The van der Waals surface area contributed by atoms with Gasteiger partial charge in [-0.25, -0.2) is 4.79 Å². The van der Waals surface area contributed by atoms with Crippen molar-refractivity contribution in [3.05, 3.63) is 77.4 Å². The third kappa shape index (κ3) is 6.36. The second-order valence-electron chi connectivity index (χ2n) is 10.2. The second kappa shape index (κ2) is 12.2. The first kappa shape index (κ1) is 27.5. The van der Waals surface area contributed by atoms with Gasteiger partial charge in [-0.1, -0.05) is 51.1 Å². The van der Waals surface area contributed by atoms with Crippen molar-refractivity contribution >= 4 is 11.7 Å². The second-order valence-corrected chi connectivity index (χ2v) is 10.2. The van der Waals surface area contributed by atoms with E-state index in [0.717, 1.165) is 37.1 Å². The predicted molar refractivity (Wildman–Crippen MR) is 153 cm³/mol. The van der Waals surface area contributed by atoms with Crippen molar-refractivity contribution in [2.75, 3.05) is 31.1 Å². The molecule has 3 aromatic rings. The molecule has 0 heterocycles. The molecular weight excluding hydrogens is 444 g/mol. The average molecular weight is 487 g/mol. The van der Waals surface area contributed by atoms with Crippen LogP contribution in [0.4, 0.5) is 5.69 Å². The Morgan fingerprint density at radius 3 is 2.08 bits per heavy atom. The Morgan fingerprint density at radius 1 is 0.861 bits per heavy atom. The Hall–Kier alpha value is -3.11. The van der Waals surface area contributed by atoms with Crippen LogP contribution in [-0.2, 0) is 16.6 Å². The SMILES string of the molecule is CCOC(=O)c1ccc(-c2ccc(CCCN)c(-c3ccc(N(CC)CC)c(C(C)(C)C)c3)c2)cc1. The molecule has 0 aliphatic carbocycles. The molecule has 0 saturated carbocycles. The molecule has 4 heteroatoms. The van der Waals surface area contributed by atoms with E-state index in [0.29, 0.717) is 18.7 Å². The number of carbonyl (C=O) groups excluding carboxylic acids is 1. The van der Waals surface area contributed by atoms with Crippen LogP contribution in [0, 0.1) is 0 Å². The smallest absolute Gasteiger partial charge is 0.338 e. The molecule has 0 radical (unpaired) electrons. The van der Waals surface area contributed by atoms with E-state index in [2.05, 4.69) is 75.9 Å². The number of nitrogens with two attached hydrogens (primary N) is 1. The lowest BCUT2D eigenvalue weighted by atomic mass is 9.82. The topological polar surface area (TPSA) is 55.6 Å². The molecule has 3 aromatic carbocycles. The van der Waals surface area contributed by atoms with Crippen molar-refractivity contribution in [3.63, 3.8) is 0 Å². The van der Waals surface area contributed by atoms with Crippen LogP contribution in [-0.4, -0.2) is 32.2 Å². The summed E-state index contributed by atoms with van der Waals surface area (Å²) in [4.78, 5) is 14.5. The standard InChI is InChI=1S/C32H42N2O2/c1-7-34(8-2)30-19-18-27(22-29(30)32(4,5)6)28-21-26(17-14-24(28)11-10-20-33)23-12-15-25(16-13-23)31(35)36-9-3/h12-19,21-22H,7-11,20,33H2,1-6H3. The van der Waals surface area contributed by atoms with E-state index in [-0.39, 0.29) is 11.4 Å². The highest BCUT2D eigenvalue weighted by Gasteiger charge is 2.22. The predicted octanol–water partition coefficient (Wildman–Crippen LogP) is 7.23. The van der Waals surface area contributed by atoms with Crippen LogP contribution in [0.15, 0.2) is 60.7 Å². The molecule has 3 rings (SSSR count). The minimum atomic E-state index is -0.287. The Kier molecular flexibility index (Phi) is 9.33. The quantitative estimate of drug-likeness (QED) is 0.307. The molecule has 0 bridgehead atoms. The lowest BCUT2D eigenvalue weighted by Gasteiger charge is -2.31. The molecule has 0 atom stereocenters. The normalized spacial score (nSPS) is 11.4. The minimum absolute atomic E-state index is 0.0197. The van der Waals surface area contributed by atoms with Gasteiger partial charge in [-0.3, -0.25) is 0 Å². The third-order valence-corrected chi connectivity index (χ3v) is 6.71. The molecule has 0 aromatic heterocycles. The van der Waals surface area contributed by atoms with Crippen LogP contribution >= 0.6 is 0 Å². The lowest BCUT2D eigenvalue weighted by molar-refractivity contribution is 0.0526. The molecule has 0 saturated heterocycles. The molecule has 0 aliphatic rings. The van der Waals surface area contributed by atoms with Gasteiger partial charge in [0, 0.05) is 18.8 Å². The maximum atomic E-state index is 12.1. The van der Waals surface area contributed by atoms with Crippen molar-refractivity contribution in [2.45, 2.75) is 59.8 Å². The average Bonchev–Trinajstić information content (AvgIpc) is 2.88. The van der Waals surface area contributed by atoms with Crippen LogP contribution in [0.2, 0.25) is 0 Å². The third-order valence-electron chi connectivity index (χ3n) is 6.71. The summed E-state index contributed by atoms with van der Waals surface area (Å²) >= 11 is 0. The van der Waals surface area contributed by atoms with Gasteiger partial charge < -0.3 is 15.4 Å². The zero-order valence-electron chi connectivity index (χ0n) is 22.9. The first-order valence-corrected chi connectivity index (χ1v) is 13.2. The zero-order valence-corrected chi connectivity index (χ0v) is 22.9. The highest BCUT2D eigenvalue weighted by Crippen LogP contribution is 2.38. The number of carbonyl (C=O) groups is 1. The van der Waals surface area contributed by atoms with Gasteiger partial charge in [-0.05, 0) is 109 Å². The van der Waals surface area contributed by atoms with Gasteiger partial charge >= 0.3 is 5.97 Å². The van der Waals surface area contributed by atoms with Gasteiger partial charge in [0.15, 0.2) is 0 Å². The maximum absolute atomic E-state index is 12.1. The van der Waals surface area contributed by atoms with Gasteiger partial charge in [0.1, 0.15) is 0 Å². The van der Waals surface area contributed by atoms with Crippen molar-refractivity contribution < 1.29 is 9.53 Å². The van der Waals surface area contributed by atoms with Crippen molar-refractivity contribution in [1.82, 2.24) is 0 Å². The van der Waals surface area contributed by atoms with Crippen LogP contribution < -0.4 is 10.6 Å². The van der Waals surface area contributed by atoms with E-state index < -0.39 is 0 Å². The number of anilines is 1. The highest BCUT2D eigenvalue weighted by atomic mass is 16.5. The summed E-state index contributed by atoms with van der Waals surface area (Å²) in [5.74, 6) is -0.287. The van der Waals surface area contributed by atoms with E-state index in [9.17, 15) is 4.79 Å². The number of ether oxygens (including phenoxy) is 1. The van der Waals surface area contributed by atoms with Crippen LogP contribution in [0.1, 0.15) is 69.4 Å². The molecule has 2 N–H and O–H groups in total. The molecule has 4 nitrogen and oxygen atoms in total. The Morgan fingerprint density at radius 2 is 1.50 bits per heavy atom. The Balaban J connectivity index is 2.11. The summed E-state index contributed by atoms with van der Waals surface area (Å²) in [6.07, 6.45) is 1.89. The fraction of sp³-hybridized carbons (Fsp3) is 0.406. The van der Waals surface area contributed by atoms with Crippen molar-refractivity contribution in [2.24, 2.45) is 5.73 Å². The monoisotopic (exact) mass is 486 g/mol. The number of benzene rings is 3. The number of aryl methyl sites for hydroxylation is 1. The molecular formula is C32H42N2O2. The highest BCUT2D eigenvalue weighted by molar-refractivity contribution is 5.90. The van der Waals surface area contributed by atoms with Crippen molar-refractivity contribution in [1.29, 1.82) is 0 Å². The van der Waals surface area contributed by atoms with Crippen LogP contribution in [0.5, 0.6) is 0 Å². The number of esters is 1. The fourth-order valence-electron chi connectivity index (χ4n) is 4.69. The summed E-state index contributed by atoms with van der Waals surface area (Å²) < 4.78 is 5.13. The zero-order chi connectivity index (χ0) is 26.3. The number of rotatable bonds is 10. The van der Waals surface area contributed by atoms with E-state index >= 15 is 0 Å². The van der Waals surface area contributed by atoms with Gasteiger partial charge in [0.25, 0.3) is 0 Å². The van der Waals surface area contributed by atoms with Gasteiger partial charge in [-0.2, -0.15) is 0 Å². The van der Waals surface area contributed by atoms with Gasteiger partial charge in [0.2, 0.25) is 0 Å². The summed E-state index contributed by atoms with van der Waals surface area (Å²) in [5, 5.41) is 0. The van der Waals surface area contributed by atoms with E-state index in [4.69, 9.17) is 10.5 Å². The van der Waals surface area contributed by atoms with Gasteiger partial charge in [0.05, 0.1) is 12.2 Å². The number of nitrogens with zero attached hydrogens (tertiary/aromatic N) is 1. The summed E-state index contributed by atoms with van der Waals surface area (Å²) in [5.41, 5.74) is 15.1. The molecule has 0 spiro atoms. The Labute approximate surface area is 217 Å². The van der Waals surface area contributed by atoms with E-state index in [1.807, 2.05) is 31.2 Å². The maximum Gasteiger partial charge on any atom is 0.338 e. The van der Waals surface area contributed by atoms with Crippen molar-refractivity contribution in [3.8, 4) is 22.3 Å². The summed E-state index contributed by atoms with van der Waals surface area (Å²) in [7, 11) is 0. The molecule has 0 unspecified atom stereocenters. The van der Waals surface area contributed by atoms with Crippen LogP contribution in [0.25, 0.3) is 22.3 Å². The van der Waals surface area contributed by atoms with Crippen LogP contribution in [0.3, 0.4) is 0 Å². The first-order valence-electron chi connectivity index (χ1n) is 13.2. The lowest BCUT2D eigenvalue weighted by Crippen LogP contribution is -2.26. The molecule has 0 fully saturated rings.